The summed E-state index contributed by atoms with van der Waals surface area (Å²) in [7, 11) is 0. The van der Waals surface area contributed by atoms with Crippen molar-refractivity contribution in [2.24, 2.45) is 5.92 Å². The lowest BCUT2D eigenvalue weighted by atomic mass is 9.96. The first-order chi connectivity index (χ1) is 13.9. The van der Waals surface area contributed by atoms with E-state index in [1.807, 2.05) is 32.9 Å². The quantitative estimate of drug-likeness (QED) is 0.555. The lowest BCUT2D eigenvalue weighted by Gasteiger charge is -2.19. The third kappa shape index (κ3) is 6.40. The largest absolute Gasteiger partial charge is 0.446 e. The summed E-state index contributed by atoms with van der Waals surface area (Å²) in [4.78, 5) is 28.4. The standard InChI is InChI=1S/C21H33N5O3/c1-4-13(2)23-21(28)29-17-6-5-16(11-17)18-12-19(26-25-18)24-20(27)10-15-7-8-22-14(3)9-15/h7-9,13,16-19,25-26H,4-6,10-12H2,1-3H3,(H,23,28)(H,24,27)/t13-,16-,17+,18?,19?/m0/s1. The number of nitrogens with one attached hydrogen (secondary N) is 4. The Kier molecular flexibility index (Phi) is 7.44. The average Bonchev–Trinajstić information content (AvgIpc) is 3.30. The van der Waals surface area contributed by atoms with Gasteiger partial charge in [0.1, 0.15) is 6.10 Å². The number of aryl methyl sites for hydroxylation is 1. The summed E-state index contributed by atoms with van der Waals surface area (Å²) < 4.78 is 5.57. The second-order valence-electron chi connectivity index (χ2n) is 8.29. The number of rotatable bonds is 7. The van der Waals surface area contributed by atoms with Crippen molar-refractivity contribution in [2.75, 3.05) is 0 Å². The summed E-state index contributed by atoms with van der Waals surface area (Å²) in [5.74, 6) is 0.415. The molecule has 0 radical (unpaired) electrons. The van der Waals surface area contributed by atoms with Gasteiger partial charge in [-0.25, -0.2) is 10.2 Å². The van der Waals surface area contributed by atoms with E-state index in [1.165, 1.54) is 0 Å². The lowest BCUT2D eigenvalue weighted by molar-refractivity contribution is -0.121. The van der Waals surface area contributed by atoms with E-state index in [1.54, 1.807) is 6.20 Å². The minimum atomic E-state index is -0.320. The Morgan fingerprint density at radius 3 is 2.90 bits per heavy atom. The number of aromatic nitrogens is 1. The van der Waals surface area contributed by atoms with E-state index in [0.29, 0.717) is 12.3 Å². The molecule has 2 amide bonds. The van der Waals surface area contributed by atoms with Crippen LogP contribution in [0, 0.1) is 12.8 Å². The summed E-state index contributed by atoms with van der Waals surface area (Å²) in [6.07, 6.45) is 6.07. The number of carbonyl (C=O) groups is 2. The number of nitrogens with zero attached hydrogens (tertiary/aromatic N) is 1. The highest BCUT2D eigenvalue weighted by atomic mass is 16.6. The molecule has 8 nitrogen and oxygen atoms in total. The fourth-order valence-electron chi connectivity index (χ4n) is 4.06. The first kappa shape index (κ1) is 21.5. The molecule has 8 heteroatoms. The van der Waals surface area contributed by atoms with Gasteiger partial charge in [0, 0.05) is 24.0 Å². The number of hydrazine groups is 1. The van der Waals surface area contributed by atoms with Gasteiger partial charge in [0.05, 0.1) is 12.6 Å². The minimum Gasteiger partial charge on any atom is -0.446 e. The Hall–Kier alpha value is -2.19. The topological polar surface area (TPSA) is 104 Å². The van der Waals surface area contributed by atoms with Crippen LogP contribution in [0.1, 0.15) is 57.2 Å². The van der Waals surface area contributed by atoms with Crippen molar-refractivity contribution in [1.29, 1.82) is 0 Å². The van der Waals surface area contributed by atoms with E-state index in [0.717, 1.165) is 43.4 Å². The van der Waals surface area contributed by atoms with Gasteiger partial charge in [0.15, 0.2) is 0 Å². The van der Waals surface area contributed by atoms with E-state index in [-0.39, 0.29) is 36.4 Å². The van der Waals surface area contributed by atoms with Gasteiger partial charge >= 0.3 is 6.09 Å². The molecule has 1 aromatic rings. The molecule has 2 unspecified atom stereocenters. The predicted molar refractivity (Wildman–Crippen MR) is 110 cm³/mol. The molecule has 1 aliphatic heterocycles. The maximum absolute atomic E-state index is 12.3. The molecule has 5 atom stereocenters. The summed E-state index contributed by atoms with van der Waals surface area (Å²) >= 11 is 0. The van der Waals surface area contributed by atoms with Crippen LogP contribution in [-0.2, 0) is 16.0 Å². The monoisotopic (exact) mass is 403 g/mol. The number of hydrogen-bond donors (Lipinski definition) is 4. The molecule has 0 bridgehead atoms. The molecule has 29 heavy (non-hydrogen) atoms. The Morgan fingerprint density at radius 2 is 2.14 bits per heavy atom. The van der Waals surface area contributed by atoms with Crippen molar-refractivity contribution >= 4 is 12.0 Å². The van der Waals surface area contributed by atoms with Gasteiger partial charge in [-0.05, 0) is 69.6 Å². The van der Waals surface area contributed by atoms with Crippen molar-refractivity contribution in [1.82, 2.24) is 26.5 Å². The molecule has 1 saturated heterocycles. The van der Waals surface area contributed by atoms with Crippen molar-refractivity contribution in [3.8, 4) is 0 Å². The van der Waals surface area contributed by atoms with Gasteiger partial charge < -0.3 is 15.4 Å². The van der Waals surface area contributed by atoms with Gasteiger partial charge in [0.2, 0.25) is 5.91 Å². The molecular formula is C21H33N5O3. The van der Waals surface area contributed by atoms with Crippen LogP contribution >= 0.6 is 0 Å². The Morgan fingerprint density at radius 1 is 1.31 bits per heavy atom. The summed E-state index contributed by atoms with van der Waals surface area (Å²) in [6, 6.07) is 4.18. The van der Waals surface area contributed by atoms with Crippen molar-refractivity contribution < 1.29 is 14.3 Å². The fraction of sp³-hybridized carbons (Fsp3) is 0.667. The Bertz CT molecular complexity index is 713. The van der Waals surface area contributed by atoms with Crippen LogP contribution < -0.4 is 21.5 Å². The zero-order chi connectivity index (χ0) is 20.8. The van der Waals surface area contributed by atoms with Gasteiger partial charge in [-0.1, -0.05) is 6.92 Å². The molecule has 2 fully saturated rings. The van der Waals surface area contributed by atoms with Crippen LogP contribution in [0.2, 0.25) is 0 Å². The van der Waals surface area contributed by atoms with E-state index < -0.39 is 0 Å². The molecule has 1 aromatic heterocycles. The molecule has 3 rings (SSSR count). The molecule has 2 aliphatic rings. The van der Waals surface area contributed by atoms with Crippen LogP contribution in [-0.4, -0.2) is 41.3 Å². The van der Waals surface area contributed by atoms with Crippen molar-refractivity contribution in [3.63, 3.8) is 0 Å². The molecule has 1 aliphatic carbocycles. The number of alkyl carbamates (subject to hydrolysis) is 1. The van der Waals surface area contributed by atoms with Crippen molar-refractivity contribution in [2.45, 2.75) is 83.6 Å². The van der Waals surface area contributed by atoms with Gasteiger partial charge in [-0.15, -0.1) is 0 Å². The first-order valence-corrected chi connectivity index (χ1v) is 10.6. The maximum atomic E-state index is 12.3. The van der Waals surface area contributed by atoms with Crippen LogP contribution in [0.25, 0.3) is 0 Å². The zero-order valence-electron chi connectivity index (χ0n) is 17.5. The Balaban J connectivity index is 1.39. The summed E-state index contributed by atoms with van der Waals surface area (Å²) in [5, 5.41) is 5.90. The van der Waals surface area contributed by atoms with Crippen LogP contribution in [0.5, 0.6) is 0 Å². The summed E-state index contributed by atoms with van der Waals surface area (Å²) in [6.45, 7) is 5.92. The highest BCUT2D eigenvalue weighted by Crippen LogP contribution is 2.32. The summed E-state index contributed by atoms with van der Waals surface area (Å²) in [5.41, 5.74) is 8.37. The molecular weight excluding hydrogens is 370 g/mol. The van der Waals surface area contributed by atoms with Crippen LogP contribution in [0.4, 0.5) is 4.79 Å². The fourth-order valence-corrected chi connectivity index (χ4v) is 4.06. The van der Waals surface area contributed by atoms with Gasteiger partial charge in [0.25, 0.3) is 0 Å². The maximum Gasteiger partial charge on any atom is 0.407 e. The van der Waals surface area contributed by atoms with Crippen LogP contribution in [0.15, 0.2) is 18.3 Å². The molecule has 0 spiro atoms. The van der Waals surface area contributed by atoms with Crippen molar-refractivity contribution in [3.05, 3.63) is 29.6 Å². The Labute approximate surface area is 172 Å². The van der Waals surface area contributed by atoms with E-state index in [9.17, 15) is 9.59 Å². The van der Waals surface area contributed by atoms with E-state index >= 15 is 0 Å². The highest BCUT2D eigenvalue weighted by Gasteiger charge is 2.37. The smallest absolute Gasteiger partial charge is 0.407 e. The molecule has 4 N–H and O–H groups in total. The number of hydrogen-bond acceptors (Lipinski definition) is 6. The predicted octanol–water partition coefficient (Wildman–Crippen LogP) is 1.93. The normalized spacial score (nSPS) is 27.4. The number of carbonyl (C=O) groups excluding carboxylic acids is 2. The molecule has 1 saturated carbocycles. The number of amides is 2. The van der Waals surface area contributed by atoms with Gasteiger partial charge in [-0.3, -0.25) is 15.2 Å². The van der Waals surface area contributed by atoms with E-state index in [2.05, 4.69) is 26.5 Å². The van der Waals surface area contributed by atoms with E-state index in [4.69, 9.17) is 4.74 Å². The molecule has 2 heterocycles. The molecule has 160 valence electrons. The highest BCUT2D eigenvalue weighted by molar-refractivity contribution is 5.78. The lowest BCUT2D eigenvalue weighted by Crippen LogP contribution is -2.45. The number of pyridine rings is 1. The molecule has 0 aromatic carbocycles. The SMILES string of the molecule is CC[C@H](C)NC(=O)O[C@@H]1CC[C@H](C2CC(NC(=O)Cc3ccnc(C)c3)NN2)C1. The second kappa shape index (κ2) is 10.0. The average molecular weight is 404 g/mol. The zero-order valence-corrected chi connectivity index (χ0v) is 17.5. The first-order valence-electron chi connectivity index (χ1n) is 10.6. The van der Waals surface area contributed by atoms with Gasteiger partial charge in [-0.2, -0.15) is 0 Å². The third-order valence-electron chi connectivity index (χ3n) is 5.84. The minimum absolute atomic E-state index is 0.00935. The van der Waals surface area contributed by atoms with Crippen LogP contribution in [0.3, 0.4) is 0 Å². The second-order valence-corrected chi connectivity index (χ2v) is 8.29. The number of ether oxygens (including phenoxy) is 1. The third-order valence-corrected chi connectivity index (χ3v) is 5.84.